The van der Waals surface area contributed by atoms with Gasteiger partial charge < -0.3 is 19.4 Å². The lowest BCUT2D eigenvalue weighted by Crippen LogP contribution is -2.35. The highest BCUT2D eigenvalue weighted by Crippen LogP contribution is 2.32. The fourth-order valence-corrected chi connectivity index (χ4v) is 3.69. The third kappa shape index (κ3) is 2.98. The second-order valence-electron chi connectivity index (χ2n) is 7.06. The van der Waals surface area contributed by atoms with Crippen LogP contribution in [0.2, 0.25) is 0 Å². The molecule has 0 aliphatic carbocycles. The summed E-state index contributed by atoms with van der Waals surface area (Å²) in [5.41, 5.74) is 1.52. The van der Waals surface area contributed by atoms with E-state index in [-0.39, 0.29) is 18.7 Å². The van der Waals surface area contributed by atoms with Crippen molar-refractivity contribution < 1.29 is 14.3 Å². The molecule has 0 bridgehead atoms. The number of rotatable bonds is 3. The van der Waals surface area contributed by atoms with Gasteiger partial charge in [0.2, 0.25) is 6.79 Å². The van der Waals surface area contributed by atoms with Crippen LogP contribution in [0.1, 0.15) is 29.0 Å². The summed E-state index contributed by atoms with van der Waals surface area (Å²) >= 11 is 0. The molecule has 0 saturated carbocycles. The number of benzene rings is 1. The van der Waals surface area contributed by atoms with Crippen LogP contribution in [0.3, 0.4) is 0 Å². The largest absolute Gasteiger partial charge is 0.454 e. The van der Waals surface area contributed by atoms with Gasteiger partial charge in [-0.2, -0.15) is 5.10 Å². The number of aromatic nitrogens is 5. The van der Waals surface area contributed by atoms with Crippen LogP contribution in [0.15, 0.2) is 30.6 Å². The molecular weight excluding hydrogens is 360 g/mol. The summed E-state index contributed by atoms with van der Waals surface area (Å²) in [6, 6.07) is 5.33. The van der Waals surface area contributed by atoms with Crippen molar-refractivity contribution in [1.29, 1.82) is 0 Å². The molecule has 0 spiro atoms. The molecule has 0 radical (unpaired) electrons. The number of nitrogens with zero attached hydrogens (tertiary/aromatic N) is 5. The Morgan fingerprint density at radius 1 is 1.21 bits per heavy atom. The third-order valence-corrected chi connectivity index (χ3v) is 5.18. The van der Waals surface area contributed by atoms with Crippen molar-refractivity contribution in [2.24, 2.45) is 7.05 Å². The zero-order valence-corrected chi connectivity index (χ0v) is 15.5. The molecule has 9 heteroatoms. The van der Waals surface area contributed by atoms with Crippen LogP contribution < -0.4 is 14.8 Å². The Balaban J connectivity index is 1.28. The predicted octanol–water partition coefficient (Wildman–Crippen LogP) is 1.54. The highest BCUT2D eigenvalue weighted by atomic mass is 16.7. The number of nitrogens with one attached hydrogen (secondary N) is 1. The highest BCUT2D eigenvalue weighted by molar-refractivity contribution is 5.95. The van der Waals surface area contributed by atoms with Gasteiger partial charge in [0.15, 0.2) is 17.3 Å². The smallest absolute Gasteiger partial charge is 0.251 e. The maximum absolute atomic E-state index is 12.7. The molecule has 2 aromatic heterocycles. The van der Waals surface area contributed by atoms with Crippen LogP contribution in [0, 0.1) is 0 Å². The number of hydrogen-bond donors (Lipinski definition) is 1. The monoisotopic (exact) mass is 380 g/mol. The highest BCUT2D eigenvalue weighted by Gasteiger charge is 2.24. The lowest BCUT2D eigenvalue weighted by atomic mass is 10.1. The fraction of sp³-hybridized carbons (Fsp3) is 0.368. The molecule has 0 saturated heterocycles. The average Bonchev–Trinajstić information content (AvgIpc) is 3.40. The van der Waals surface area contributed by atoms with E-state index in [9.17, 15) is 4.79 Å². The summed E-state index contributed by atoms with van der Waals surface area (Å²) in [5.74, 6) is 2.95. The predicted molar refractivity (Wildman–Crippen MR) is 99.0 cm³/mol. The van der Waals surface area contributed by atoms with Gasteiger partial charge in [-0.3, -0.25) is 9.48 Å². The first-order chi connectivity index (χ1) is 13.7. The minimum Gasteiger partial charge on any atom is -0.454 e. The second kappa shape index (κ2) is 6.66. The van der Waals surface area contributed by atoms with E-state index < -0.39 is 0 Å². The maximum atomic E-state index is 12.7. The molecular formula is C19H20N6O3. The zero-order chi connectivity index (χ0) is 19.1. The van der Waals surface area contributed by atoms with Crippen molar-refractivity contribution in [3.8, 4) is 22.9 Å². The molecule has 5 rings (SSSR count). The van der Waals surface area contributed by atoms with Crippen LogP contribution in [0.5, 0.6) is 11.5 Å². The molecule has 1 unspecified atom stereocenters. The van der Waals surface area contributed by atoms with E-state index in [1.807, 2.05) is 13.2 Å². The molecule has 2 aliphatic rings. The Kier molecular flexibility index (Phi) is 4.00. The SMILES string of the molecule is Cn1cc(-c2nnc3n2CCC(NC(=O)c2ccc4c(c2)OCO4)CC3)cn1. The zero-order valence-electron chi connectivity index (χ0n) is 15.5. The van der Waals surface area contributed by atoms with Crippen molar-refractivity contribution in [3.63, 3.8) is 0 Å². The van der Waals surface area contributed by atoms with Gasteiger partial charge in [0.05, 0.1) is 11.8 Å². The molecule has 2 aliphatic heterocycles. The molecule has 9 nitrogen and oxygen atoms in total. The van der Waals surface area contributed by atoms with Crippen molar-refractivity contribution in [2.45, 2.75) is 31.8 Å². The van der Waals surface area contributed by atoms with Crippen molar-refractivity contribution >= 4 is 5.91 Å². The number of carbonyl (C=O) groups excluding carboxylic acids is 1. The van der Waals surface area contributed by atoms with Gasteiger partial charge in [0, 0.05) is 37.8 Å². The van der Waals surface area contributed by atoms with Crippen molar-refractivity contribution in [1.82, 2.24) is 29.9 Å². The van der Waals surface area contributed by atoms with Crippen LogP contribution in [-0.2, 0) is 20.0 Å². The summed E-state index contributed by atoms with van der Waals surface area (Å²) in [6.07, 6.45) is 6.12. The van der Waals surface area contributed by atoms with Gasteiger partial charge in [0.25, 0.3) is 5.91 Å². The number of ether oxygens (including phenoxy) is 2. The Hall–Kier alpha value is -3.36. The lowest BCUT2D eigenvalue weighted by Gasteiger charge is -2.16. The van der Waals surface area contributed by atoms with Crippen molar-refractivity contribution in [3.05, 3.63) is 42.0 Å². The summed E-state index contributed by atoms with van der Waals surface area (Å²) in [6.45, 7) is 0.945. The Labute approximate surface area is 161 Å². The van der Waals surface area contributed by atoms with Crippen LogP contribution in [0.4, 0.5) is 0 Å². The van der Waals surface area contributed by atoms with Gasteiger partial charge in [-0.05, 0) is 31.0 Å². The van der Waals surface area contributed by atoms with E-state index in [0.29, 0.717) is 17.1 Å². The van der Waals surface area contributed by atoms with Crippen LogP contribution in [-0.4, -0.2) is 43.3 Å². The fourth-order valence-electron chi connectivity index (χ4n) is 3.69. The standard InChI is InChI=1S/C19H20N6O3/c1-24-10-13(9-20-24)18-23-22-17-5-3-14(6-7-25(17)18)21-19(26)12-2-4-15-16(8-12)28-11-27-15/h2,4,8-10,14H,3,5-7,11H2,1H3,(H,21,26). The molecule has 4 heterocycles. The number of hydrogen-bond acceptors (Lipinski definition) is 6. The van der Waals surface area contributed by atoms with E-state index in [1.165, 1.54) is 0 Å². The van der Waals surface area contributed by atoms with Crippen molar-refractivity contribution in [2.75, 3.05) is 6.79 Å². The minimum atomic E-state index is -0.103. The first-order valence-electron chi connectivity index (χ1n) is 9.29. The topological polar surface area (TPSA) is 96.1 Å². The van der Waals surface area contributed by atoms with Gasteiger partial charge in [-0.25, -0.2) is 0 Å². The van der Waals surface area contributed by atoms with Gasteiger partial charge >= 0.3 is 0 Å². The molecule has 1 atom stereocenters. The maximum Gasteiger partial charge on any atom is 0.251 e. The number of fused-ring (bicyclic) bond motifs is 2. The first-order valence-corrected chi connectivity index (χ1v) is 9.29. The summed E-state index contributed by atoms with van der Waals surface area (Å²) < 4.78 is 14.5. The van der Waals surface area contributed by atoms with Gasteiger partial charge in [-0.15, -0.1) is 10.2 Å². The van der Waals surface area contributed by atoms with Gasteiger partial charge in [-0.1, -0.05) is 0 Å². The lowest BCUT2D eigenvalue weighted by molar-refractivity contribution is 0.0932. The molecule has 1 N–H and O–H groups in total. The Morgan fingerprint density at radius 3 is 2.96 bits per heavy atom. The first kappa shape index (κ1) is 16.8. The van der Waals surface area contributed by atoms with E-state index >= 15 is 0 Å². The molecule has 28 heavy (non-hydrogen) atoms. The number of carbonyl (C=O) groups is 1. The second-order valence-corrected chi connectivity index (χ2v) is 7.06. The van der Waals surface area contributed by atoms with E-state index in [4.69, 9.17) is 9.47 Å². The minimum absolute atomic E-state index is 0.0707. The average molecular weight is 380 g/mol. The number of aryl methyl sites for hydroxylation is 2. The summed E-state index contributed by atoms with van der Waals surface area (Å²) in [5, 5.41) is 16.0. The Bertz CT molecular complexity index is 1040. The molecule has 144 valence electrons. The normalized spacial score (nSPS) is 17.8. The van der Waals surface area contributed by atoms with E-state index in [0.717, 1.165) is 43.0 Å². The summed E-state index contributed by atoms with van der Waals surface area (Å²) in [4.78, 5) is 12.7. The Morgan fingerprint density at radius 2 is 2.11 bits per heavy atom. The summed E-state index contributed by atoms with van der Waals surface area (Å²) in [7, 11) is 1.88. The van der Waals surface area contributed by atoms with Crippen LogP contribution in [0.25, 0.3) is 11.4 Å². The molecule has 1 amide bonds. The van der Waals surface area contributed by atoms with E-state index in [1.54, 1.807) is 29.1 Å². The molecule has 3 aromatic rings. The molecule has 1 aromatic carbocycles. The van der Waals surface area contributed by atoms with E-state index in [2.05, 4.69) is 25.2 Å². The van der Waals surface area contributed by atoms with Gasteiger partial charge in [0.1, 0.15) is 5.82 Å². The number of amides is 1. The quantitative estimate of drug-likeness (QED) is 0.741. The third-order valence-electron chi connectivity index (χ3n) is 5.18. The molecule has 0 fully saturated rings. The van der Waals surface area contributed by atoms with Crippen LogP contribution >= 0.6 is 0 Å².